The molecule has 0 amide bonds. The van der Waals surface area contributed by atoms with Crippen molar-refractivity contribution in [2.24, 2.45) is 0 Å². The second-order valence-corrected chi connectivity index (χ2v) is 6.52. The zero-order valence-corrected chi connectivity index (χ0v) is 12.6. The number of nitrogens with zero attached hydrogens (tertiary/aromatic N) is 1. The smallest absolute Gasteiger partial charge is 0.263 e. The van der Waals surface area contributed by atoms with Crippen LogP contribution in [0.25, 0.3) is 10.9 Å². The number of halogens is 1. The Morgan fingerprint density at radius 1 is 1.18 bits per heavy atom. The van der Waals surface area contributed by atoms with E-state index in [1.165, 1.54) is 24.3 Å². The molecule has 0 spiro atoms. The van der Waals surface area contributed by atoms with Gasteiger partial charge < -0.3 is 0 Å². The largest absolute Gasteiger partial charge is 0.276 e. The van der Waals surface area contributed by atoms with E-state index < -0.39 is 15.8 Å². The van der Waals surface area contributed by atoms with E-state index >= 15 is 0 Å². The first-order chi connectivity index (χ1) is 10.5. The molecule has 0 atom stereocenters. The summed E-state index contributed by atoms with van der Waals surface area (Å²) in [7, 11) is -3.82. The van der Waals surface area contributed by atoms with Crippen molar-refractivity contribution in [2.75, 3.05) is 4.72 Å². The number of hydrogen-bond acceptors (Lipinski definition) is 3. The predicted molar refractivity (Wildman–Crippen MR) is 82.7 cm³/mol. The molecule has 5 nitrogen and oxygen atoms in total. The van der Waals surface area contributed by atoms with Crippen LogP contribution in [0.1, 0.15) is 12.5 Å². The summed E-state index contributed by atoms with van der Waals surface area (Å²) in [6.07, 6.45) is 0.822. The standard InChI is InChI=1S/C15H14FN3O2S/c1-2-10-6-8-11(9-7-10)22(20,21)19-15-14-12(16)4-3-5-13(14)17-18-15/h3-9H,2H2,1H3,(H2,17,18,19). The highest BCUT2D eigenvalue weighted by Gasteiger charge is 2.19. The number of benzene rings is 2. The van der Waals surface area contributed by atoms with Crippen LogP contribution in [0.2, 0.25) is 0 Å². The number of aromatic amines is 1. The molecule has 0 saturated carbocycles. The van der Waals surface area contributed by atoms with Crippen LogP contribution in [0.3, 0.4) is 0 Å². The SMILES string of the molecule is CCc1ccc(S(=O)(=O)Nc2n[nH]c3cccc(F)c23)cc1. The lowest BCUT2D eigenvalue weighted by Crippen LogP contribution is -2.13. The molecular weight excluding hydrogens is 305 g/mol. The summed E-state index contributed by atoms with van der Waals surface area (Å²) in [6.45, 7) is 1.99. The number of anilines is 1. The minimum Gasteiger partial charge on any atom is -0.276 e. The van der Waals surface area contributed by atoms with Crippen molar-refractivity contribution in [3.05, 3.63) is 53.8 Å². The third-order valence-corrected chi connectivity index (χ3v) is 4.77. The van der Waals surface area contributed by atoms with Gasteiger partial charge in [-0.05, 0) is 36.2 Å². The first-order valence-electron chi connectivity index (χ1n) is 6.75. The first-order valence-corrected chi connectivity index (χ1v) is 8.24. The maximum Gasteiger partial charge on any atom is 0.263 e. The fraction of sp³-hybridized carbons (Fsp3) is 0.133. The van der Waals surface area contributed by atoms with Crippen LogP contribution in [0.15, 0.2) is 47.4 Å². The van der Waals surface area contributed by atoms with Crippen molar-refractivity contribution >= 4 is 26.7 Å². The zero-order chi connectivity index (χ0) is 15.7. The van der Waals surface area contributed by atoms with Crippen LogP contribution in [0.4, 0.5) is 10.2 Å². The molecule has 2 N–H and O–H groups in total. The zero-order valence-electron chi connectivity index (χ0n) is 11.8. The number of nitrogens with one attached hydrogen (secondary N) is 2. The average molecular weight is 319 g/mol. The fourth-order valence-electron chi connectivity index (χ4n) is 2.19. The Balaban J connectivity index is 1.99. The monoisotopic (exact) mass is 319 g/mol. The first kappa shape index (κ1) is 14.5. The molecule has 0 unspecified atom stereocenters. The van der Waals surface area contributed by atoms with Crippen LogP contribution < -0.4 is 4.72 Å². The van der Waals surface area contributed by atoms with Crippen LogP contribution >= 0.6 is 0 Å². The van der Waals surface area contributed by atoms with Crippen LogP contribution in [0.5, 0.6) is 0 Å². The summed E-state index contributed by atoms with van der Waals surface area (Å²) in [5.74, 6) is -0.585. The molecule has 0 bridgehead atoms. The van der Waals surface area contributed by atoms with Gasteiger partial charge in [0.1, 0.15) is 5.82 Å². The Bertz CT molecular complexity index is 918. The van der Waals surface area contributed by atoms with Crippen molar-refractivity contribution in [3.8, 4) is 0 Å². The molecule has 0 radical (unpaired) electrons. The minimum absolute atomic E-state index is 0.0485. The van der Waals surface area contributed by atoms with Crippen molar-refractivity contribution in [1.29, 1.82) is 0 Å². The van der Waals surface area contributed by atoms with Gasteiger partial charge >= 0.3 is 0 Å². The van der Waals surface area contributed by atoms with Gasteiger partial charge in [-0.2, -0.15) is 5.10 Å². The van der Waals surface area contributed by atoms with Gasteiger partial charge in [0.2, 0.25) is 0 Å². The van der Waals surface area contributed by atoms with E-state index in [4.69, 9.17) is 0 Å². The fourth-order valence-corrected chi connectivity index (χ4v) is 3.21. The Morgan fingerprint density at radius 2 is 1.91 bits per heavy atom. The summed E-state index contributed by atoms with van der Waals surface area (Å²) >= 11 is 0. The van der Waals surface area contributed by atoms with E-state index in [0.29, 0.717) is 5.52 Å². The third kappa shape index (κ3) is 2.55. The molecule has 7 heteroatoms. The lowest BCUT2D eigenvalue weighted by atomic mass is 10.2. The van der Waals surface area contributed by atoms with Gasteiger partial charge in [0.25, 0.3) is 10.0 Å². The Kier molecular flexibility index (Phi) is 3.58. The van der Waals surface area contributed by atoms with E-state index in [1.54, 1.807) is 18.2 Å². The maximum atomic E-state index is 13.9. The Morgan fingerprint density at radius 3 is 2.59 bits per heavy atom. The number of rotatable bonds is 4. The van der Waals surface area contributed by atoms with Crippen LogP contribution in [-0.2, 0) is 16.4 Å². The van der Waals surface area contributed by atoms with Gasteiger partial charge in [-0.15, -0.1) is 0 Å². The summed E-state index contributed by atoms with van der Waals surface area (Å²) in [5.41, 5.74) is 1.47. The van der Waals surface area contributed by atoms with Gasteiger partial charge in [0.15, 0.2) is 5.82 Å². The molecule has 0 saturated heterocycles. The number of aryl methyl sites for hydroxylation is 1. The van der Waals surface area contributed by atoms with E-state index in [0.717, 1.165) is 12.0 Å². The van der Waals surface area contributed by atoms with Gasteiger partial charge in [-0.1, -0.05) is 25.1 Å². The highest BCUT2D eigenvalue weighted by Crippen LogP contribution is 2.25. The highest BCUT2D eigenvalue weighted by molar-refractivity contribution is 7.92. The second kappa shape index (κ2) is 5.42. The molecule has 1 heterocycles. The number of aromatic nitrogens is 2. The topological polar surface area (TPSA) is 74.8 Å². The lowest BCUT2D eigenvalue weighted by Gasteiger charge is -2.07. The summed E-state index contributed by atoms with van der Waals surface area (Å²) < 4.78 is 40.9. The van der Waals surface area contributed by atoms with Crippen molar-refractivity contribution in [1.82, 2.24) is 10.2 Å². The molecule has 114 valence electrons. The molecule has 0 fully saturated rings. The number of fused-ring (bicyclic) bond motifs is 1. The molecule has 3 aromatic rings. The molecule has 1 aromatic heterocycles. The van der Waals surface area contributed by atoms with Gasteiger partial charge in [-0.3, -0.25) is 9.82 Å². The van der Waals surface area contributed by atoms with Crippen molar-refractivity contribution < 1.29 is 12.8 Å². The molecule has 0 aliphatic rings. The highest BCUT2D eigenvalue weighted by atomic mass is 32.2. The van der Waals surface area contributed by atoms with E-state index in [-0.39, 0.29) is 16.1 Å². The summed E-state index contributed by atoms with van der Waals surface area (Å²) in [4.78, 5) is 0.109. The van der Waals surface area contributed by atoms with Crippen LogP contribution in [-0.4, -0.2) is 18.6 Å². The summed E-state index contributed by atoms with van der Waals surface area (Å²) in [5, 5.41) is 6.57. The molecular formula is C15H14FN3O2S. The molecule has 0 aliphatic carbocycles. The van der Waals surface area contributed by atoms with Gasteiger partial charge in [0, 0.05) is 0 Å². The number of hydrogen-bond donors (Lipinski definition) is 2. The summed E-state index contributed by atoms with van der Waals surface area (Å²) in [6, 6.07) is 10.9. The van der Waals surface area contributed by atoms with Gasteiger partial charge in [-0.25, -0.2) is 12.8 Å². The minimum atomic E-state index is -3.82. The number of H-pyrrole nitrogens is 1. The molecule has 2 aromatic carbocycles. The average Bonchev–Trinajstić information content (AvgIpc) is 2.91. The normalized spacial score (nSPS) is 11.7. The van der Waals surface area contributed by atoms with E-state index in [2.05, 4.69) is 14.9 Å². The van der Waals surface area contributed by atoms with Crippen LogP contribution in [0, 0.1) is 5.82 Å². The molecule has 22 heavy (non-hydrogen) atoms. The predicted octanol–water partition coefficient (Wildman–Crippen LogP) is 3.07. The van der Waals surface area contributed by atoms with E-state index in [1.807, 2.05) is 6.92 Å². The number of sulfonamides is 1. The quantitative estimate of drug-likeness (QED) is 0.776. The van der Waals surface area contributed by atoms with E-state index in [9.17, 15) is 12.8 Å². The Labute approximate surface area is 127 Å². The third-order valence-electron chi connectivity index (χ3n) is 3.41. The second-order valence-electron chi connectivity index (χ2n) is 4.84. The molecule has 3 rings (SSSR count). The Hall–Kier alpha value is -2.41. The lowest BCUT2D eigenvalue weighted by molar-refractivity contribution is 0.601. The maximum absolute atomic E-state index is 13.9. The van der Waals surface area contributed by atoms with Crippen molar-refractivity contribution in [2.45, 2.75) is 18.2 Å². The van der Waals surface area contributed by atoms with Gasteiger partial charge in [0.05, 0.1) is 15.8 Å². The molecule has 0 aliphatic heterocycles. The van der Waals surface area contributed by atoms with Crippen molar-refractivity contribution in [3.63, 3.8) is 0 Å².